The molecule has 0 unspecified atom stereocenters. The molecule has 0 N–H and O–H groups in total. The van der Waals surface area contributed by atoms with Crippen molar-refractivity contribution < 1.29 is 14.3 Å². The minimum atomic E-state index is 0.0380. The first-order valence-electron chi connectivity index (χ1n) is 8.03. The zero-order valence-corrected chi connectivity index (χ0v) is 12.9. The van der Waals surface area contributed by atoms with Crippen LogP contribution in [0.2, 0.25) is 0 Å². The summed E-state index contributed by atoms with van der Waals surface area (Å²) in [5, 5.41) is 0. The summed E-state index contributed by atoms with van der Waals surface area (Å²) in [6.45, 7) is 0.260. The molecule has 2 aliphatic rings. The van der Waals surface area contributed by atoms with Crippen LogP contribution in [0.15, 0.2) is 42.5 Å². The van der Waals surface area contributed by atoms with E-state index in [4.69, 9.17) is 9.47 Å². The minimum Gasteiger partial charge on any atom is -0.454 e. The highest BCUT2D eigenvalue weighted by Crippen LogP contribution is 2.32. The van der Waals surface area contributed by atoms with Crippen molar-refractivity contribution in [1.29, 1.82) is 0 Å². The summed E-state index contributed by atoms with van der Waals surface area (Å²) in [7, 11) is 0. The molecule has 1 heterocycles. The molecule has 0 amide bonds. The number of carbonyl (C=O) groups is 1. The molecular formula is C20H18O3. The van der Waals surface area contributed by atoms with E-state index >= 15 is 0 Å². The van der Waals surface area contributed by atoms with Crippen molar-refractivity contribution in [2.24, 2.45) is 0 Å². The average molecular weight is 306 g/mol. The first-order chi connectivity index (χ1) is 11.3. The molecule has 0 bridgehead atoms. The van der Waals surface area contributed by atoms with Gasteiger partial charge >= 0.3 is 0 Å². The lowest BCUT2D eigenvalue weighted by Gasteiger charge is -2.15. The predicted molar refractivity (Wildman–Crippen MR) is 89.0 cm³/mol. The highest BCUT2D eigenvalue weighted by atomic mass is 16.7. The molecule has 4 rings (SSSR count). The van der Waals surface area contributed by atoms with Crippen LogP contribution in [0.5, 0.6) is 11.5 Å². The molecule has 116 valence electrons. The molecule has 0 aromatic heterocycles. The second-order valence-electron chi connectivity index (χ2n) is 6.00. The van der Waals surface area contributed by atoms with Gasteiger partial charge in [0.25, 0.3) is 0 Å². The molecule has 3 heteroatoms. The van der Waals surface area contributed by atoms with Gasteiger partial charge in [-0.05, 0) is 66.6 Å². The normalized spacial score (nSPS) is 15.7. The number of hydrogen-bond acceptors (Lipinski definition) is 3. The number of allylic oxidation sites excluding steroid dienone is 1. The lowest BCUT2D eigenvalue weighted by molar-refractivity contribution is 0.104. The van der Waals surface area contributed by atoms with Crippen molar-refractivity contribution in [2.45, 2.75) is 25.7 Å². The fraction of sp³-hybridized carbons (Fsp3) is 0.250. The third-order valence-electron chi connectivity index (χ3n) is 4.46. The van der Waals surface area contributed by atoms with Gasteiger partial charge in [0.15, 0.2) is 17.3 Å². The number of hydrogen-bond donors (Lipinski definition) is 0. The van der Waals surface area contributed by atoms with Crippen molar-refractivity contribution in [2.75, 3.05) is 6.79 Å². The molecule has 1 aliphatic heterocycles. The number of benzene rings is 2. The fourth-order valence-electron chi connectivity index (χ4n) is 3.17. The number of ketones is 1. The van der Waals surface area contributed by atoms with E-state index in [0.717, 1.165) is 35.5 Å². The molecule has 23 heavy (non-hydrogen) atoms. The molecule has 0 spiro atoms. The molecule has 2 aromatic carbocycles. The van der Waals surface area contributed by atoms with Crippen LogP contribution in [-0.2, 0) is 12.8 Å². The van der Waals surface area contributed by atoms with Crippen LogP contribution in [0, 0.1) is 0 Å². The summed E-state index contributed by atoms with van der Waals surface area (Å²) < 4.78 is 10.6. The van der Waals surface area contributed by atoms with Crippen LogP contribution in [-0.4, -0.2) is 12.6 Å². The van der Waals surface area contributed by atoms with Crippen molar-refractivity contribution >= 4 is 11.9 Å². The second kappa shape index (κ2) is 5.92. The van der Waals surface area contributed by atoms with Crippen LogP contribution >= 0.6 is 0 Å². The topological polar surface area (TPSA) is 35.5 Å². The zero-order chi connectivity index (χ0) is 15.6. The Hall–Kier alpha value is -2.55. The standard InChI is InChI=1S/C20H18O3/c21-18(17-8-7-15-3-1-2-4-16(15)12-17)9-5-14-6-10-19-20(11-14)23-13-22-19/h5-12H,1-4,13H2/b9-5+. The molecule has 0 saturated heterocycles. The molecule has 0 radical (unpaired) electrons. The van der Waals surface area contributed by atoms with E-state index in [1.54, 1.807) is 6.08 Å². The third-order valence-corrected chi connectivity index (χ3v) is 4.46. The Morgan fingerprint density at radius 2 is 1.74 bits per heavy atom. The van der Waals surface area contributed by atoms with E-state index in [9.17, 15) is 4.79 Å². The van der Waals surface area contributed by atoms with E-state index in [2.05, 4.69) is 12.1 Å². The van der Waals surface area contributed by atoms with E-state index < -0.39 is 0 Å². The van der Waals surface area contributed by atoms with Crippen LogP contribution in [0.1, 0.15) is 39.9 Å². The van der Waals surface area contributed by atoms with Crippen molar-refractivity contribution in [3.8, 4) is 11.5 Å². The maximum absolute atomic E-state index is 12.4. The summed E-state index contributed by atoms with van der Waals surface area (Å²) in [6, 6.07) is 11.8. The monoisotopic (exact) mass is 306 g/mol. The summed E-state index contributed by atoms with van der Waals surface area (Å²) >= 11 is 0. The summed E-state index contributed by atoms with van der Waals surface area (Å²) in [5.74, 6) is 1.52. The summed E-state index contributed by atoms with van der Waals surface area (Å²) in [4.78, 5) is 12.4. The van der Waals surface area contributed by atoms with Gasteiger partial charge in [-0.15, -0.1) is 0 Å². The van der Waals surface area contributed by atoms with E-state index in [1.807, 2.05) is 30.3 Å². The highest BCUT2D eigenvalue weighted by Gasteiger charge is 2.13. The van der Waals surface area contributed by atoms with Gasteiger partial charge in [0, 0.05) is 5.56 Å². The Balaban J connectivity index is 1.53. The van der Waals surface area contributed by atoms with Gasteiger partial charge in [-0.2, -0.15) is 0 Å². The summed E-state index contributed by atoms with van der Waals surface area (Å²) in [5.41, 5.74) is 4.43. The largest absolute Gasteiger partial charge is 0.454 e. The number of ether oxygens (including phenoxy) is 2. The quantitative estimate of drug-likeness (QED) is 0.630. The van der Waals surface area contributed by atoms with Gasteiger partial charge < -0.3 is 9.47 Å². The molecular weight excluding hydrogens is 288 g/mol. The minimum absolute atomic E-state index is 0.0380. The molecule has 0 fully saturated rings. The first kappa shape index (κ1) is 14.1. The average Bonchev–Trinajstić information content (AvgIpc) is 3.07. The van der Waals surface area contributed by atoms with Gasteiger partial charge in [-0.25, -0.2) is 0 Å². The highest BCUT2D eigenvalue weighted by molar-refractivity contribution is 6.07. The van der Waals surface area contributed by atoms with Gasteiger partial charge in [-0.1, -0.05) is 24.3 Å². The van der Waals surface area contributed by atoms with Crippen molar-refractivity contribution in [3.05, 3.63) is 64.7 Å². The third kappa shape index (κ3) is 2.87. The smallest absolute Gasteiger partial charge is 0.231 e. The van der Waals surface area contributed by atoms with Crippen LogP contribution < -0.4 is 9.47 Å². The summed E-state index contributed by atoms with van der Waals surface area (Å²) in [6.07, 6.45) is 8.15. The van der Waals surface area contributed by atoms with Crippen LogP contribution in [0.25, 0.3) is 6.08 Å². The van der Waals surface area contributed by atoms with Crippen LogP contribution in [0.4, 0.5) is 0 Å². The Morgan fingerprint density at radius 3 is 2.65 bits per heavy atom. The van der Waals surface area contributed by atoms with E-state index in [-0.39, 0.29) is 12.6 Å². The van der Waals surface area contributed by atoms with Crippen molar-refractivity contribution in [1.82, 2.24) is 0 Å². The number of fused-ring (bicyclic) bond motifs is 2. The number of carbonyl (C=O) groups excluding carboxylic acids is 1. The van der Waals surface area contributed by atoms with E-state index in [0.29, 0.717) is 0 Å². The first-order valence-corrected chi connectivity index (χ1v) is 8.03. The van der Waals surface area contributed by atoms with Crippen LogP contribution in [0.3, 0.4) is 0 Å². The lowest BCUT2D eigenvalue weighted by atomic mass is 9.90. The fourth-order valence-corrected chi connectivity index (χ4v) is 3.17. The van der Waals surface area contributed by atoms with Gasteiger partial charge in [0.05, 0.1) is 0 Å². The predicted octanol–water partition coefficient (Wildman–Crippen LogP) is 4.19. The number of aryl methyl sites for hydroxylation is 2. The Kier molecular flexibility index (Phi) is 3.62. The number of rotatable bonds is 3. The second-order valence-corrected chi connectivity index (χ2v) is 6.00. The van der Waals surface area contributed by atoms with E-state index in [1.165, 1.54) is 24.0 Å². The maximum Gasteiger partial charge on any atom is 0.231 e. The maximum atomic E-state index is 12.4. The Morgan fingerprint density at radius 1 is 0.913 bits per heavy atom. The van der Waals surface area contributed by atoms with Crippen molar-refractivity contribution in [3.63, 3.8) is 0 Å². The Bertz CT molecular complexity index is 789. The Labute approximate surface area is 135 Å². The zero-order valence-electron chi connectivity index (χ0n) is 12.9. The van der Waals surface area contributed by atoms with Gasteiger partial charge in [0.1, 0.15) is 0 Å². The molecule has 0 atom stereocenters. The molecule has 0 saturated carbocycles. The molecule has 1 aliphatic carbocycles. The lowest BCUT2D eigenvalue weighted by Crippen LogP contribution is -2.05. The molecule has 3 nitrogen and oxygen atoms in total. The van der Waals surface area contributed by atoms with Gasteiger partial charge in [-0.3, -0.25) is 4.79 Å². The molecule has 2 aromatic rings. The SMILES string of the molecule is O=C(/C=C/c1ccc2c(c1)OCO2)c1ccc2c(c1)CCCC2. The van der Waals surface area contributed by atoms with Gasteiger partial charge in [0.2, 0.25) is 6.79 Å².